The third-order valence-electron chi connectivity index (χ3n) is 5.55. The summed E-state index contributed by atoms with van der Waals surface area (Å²) in [6, 6.07) is 19.6. The highest BCUT2D eigenvalue weighted by atomic mass is 127. The molecule has 5 nitrogen and oxygen atoms in total. The van der Waals surface area contributed by atoms with Crippen LogP contribution in [0.2, 0.25) is 0 Å². The summed E-state index contributed by atoms with van der Waals surface area (Å²) in [5.41, 5.74) is 4.79. The van der Waals surface area contributed by atoms with E-state index in [1.54, 1.807) is 11.0 Å². The molecule has 1 fully saturated rings. The highest BCUT2D eigenvalue weighted by molar-refractivity contribution is 14.1. The van der Waals surface area contributed by atoms with E-state index in [0.717, 1.165) is 29.8 Å². The van der Waals surface area contributed by atoms with Gasteiger partial charge in [-0.25, -0.2) is 4.99 Å². The van der Waals surface area contributed by atoms with E-state index < -0.39 is 0 Å². The van der Waals surface area contributed by atoms with Crippen LogP contribution in [0.1, 0.15) is 30.5 Å². The molecule has 0 saturated carbocycles. The van der Waals surface area contributed by atoms with Crippen molar-refractivity contribution in [2.75, 3.05) is 12.0 Å². The third kappa shape index (κ3) is 5.15. The molecule has 1 saturated heterocycles. The number of aliphatic imine (C=N–C) groups is 1. The summed E-state index contributed by atoms with van der Waals surface area (Å²) in [6.07, 6.45) is 3.70. The number of carbonyl (C=O) groups excluding carboxylic acids is 1. The third-order valence-corrected chi connectivity index (χ3v) is 7.34. The minimum atomic E-state index is -0.139. The molecular weight excluding hydrogens is 559 g/mol. The van der Waals surface area contributed by atoms with Gasteiger partial charge < -0.3 is 9.84 Å². The molecule has 1 heterocycles. The zero-order valence-electron chi connectivity index (χ0n) is 19.2. The largest absolute Gasteiger partial charge is 0.504 e. The van der Waals surface area contributed by atoms with Crippen molar-refractivity contribution >= 4 is 62.9 Å². The first-order chi connectivity index (χ1) is 16.4. The van der Waals surface area contributed by atoms with Gasteiger partial charge in [0, 0.05) is 0 Å². The summed E-state index contributed by atoms with van der Waals surface area (Å²) >= 11 is 3.39. The molecule has 0 radical (unpaired) electrons. The van der Waals surface area contributed by atoms with Gasteiger partial charge in [0.1, 0.15) is 0 Å². The summed E-state index contributed by atoms with van der Waals surface area (Å²) in [5.74, 6) is 0.317. The van der Waals surface area contributed by atoms with Crippen LogP contribution < -0.4 is 9.64 Å². The average molecular weight is 584 g/mol. The van der Waals surface area contributed by atoms with Crippen LogP contribution in [0.5, 0.6) is 11.5 Å². The van der Waals surface area contributed by atoms with Crippen molar-refractivity contribution in [1.82, 2.24) is 0 Å². The van der Waals surface area contributed by atoms with Gasteiger partial charge in [0.2, 0.25) is 0 Å². The number of phenolic OH excluding ortho intramolecular Hbond substituents is 1. The molecule has 0 unspecified atom stereocenters. The molecule has 0 aliphatic carbocycles. The van der Waals surface area contributed by atoms with Gasteiger partial charge in [-0.2, -0.15) is 0 Å². The Labute approximate surface area is 217 Å². The van der Waals surface area contributed by atoms with Crippen molar-refractivity contribution in [3.05, 3.63) is 85.8 Å². The highest BCUT2D eigenvalue weighted by Crippen LogP contribution is 2.39. The molecule has 1 amide bonds. The van der Waals surface area contributed by atoms with Crippen LogP contribution in [-0.2, 0) is 17.6 Å². The maximum atomic E-state index is 13.5. The standard InChI is InChI=1S/C27H25IN2O3S/c1-4-17-6-10-20(11-7-17)29-27-30(21-12-8-18(5-2)9-13-21)26(32)24(34-27)16-19-14-22(28)25(31)23(15-19)33-3/h6-16,31H,4-5H2,1-3H3/b24-16-,29-27?. The minimum absolute atomic E-state index is 0.0890. The Morgan fingerprint density at radius 3 is 2.24 bits per heavy atom. The molecule has 3 aromatic rings. The van der Waals surface area contributed by atoms with Crippen LogP contribution >= 0.6 is 34.4 Å². The number of hydrogen-bond acceptors (Lipinski definition) is 5. The molecule has 0 atom stereocenters. The lowest BCUT2D eigenvalue weighted by Crippen LogP contribution is -2.28. The van der Waals surface area contributed by atoms with Crippen molar-refractivity contribution in [1.29, 1.82) is 0 Å². The Morgan fingerprint density at radius 2 is 1.65 bits per heavy atom. The number of nitrogens with zero attached hydrogens (tertiary/aromatic N) is 2. The molecule has 3 aromatic carbocycles. The zero-order valence-corrected chi connectivity index (χ0v) is 22.2. The van der Waals surface area contributed by atoms with E-state index in [1.807, 2.05) is 48.5 Å². The van der Waals surface area contributed by atoms with Gasteiger partial charge in [-0.3, -0.25) is 9.69 Å². The number of benzene rings is 3. The lowest BCUT2D eigenvalue weighted by Gasteiger charge is -2.16. The first-order valence-electron chi connectivity index (χ1n) is 11.0. The smallest absolute Gasteiger partial charge is 0.271 e. The lowest BCUT2D eigenvalue weighted by molar-refractivity contribution is -0.113. The zero-order chi connectivity index (χ0) is 24.2. The Morgan fingerprint density at radius 1 is 1.03 bits per heavy atom. The molecule has 4 rings (SSSR count). The number of aryl methyl sites for hydroxylation is 2. The Hall–Kier alpha value is -2.78. The van der Waals surface area contributed by atoms with E-state index in [4.69, 9.17) is 9.73 Å². The van der Waals surface area contributed by atoms with Crippen LogP contribution in [0.25, 0.3) is 6.08 Å². The van der Waals surface area contributed by atoms with Crippen molar-refractivity contribution in [2.45, 2.75) is 26.7 Å². The summed E-state index contributed by atoms with van der Waals surface area (Å²) in [4.78, 5) is 20.6. The van der Waals surface area contributed by atoms with Gasteiger partial charge in [0.25, 0.3) is 5.91 Å². The van der Waals surface area contributed by atoms with Gasteiger partial charge in [0.05, 0.1) is 27.0 Å². The van der Waals surface area contributed by atoms with E-state index in [2.05, 4.69) is 48.6 Å². The molecular formula is C27H25IN2O3S. The van der Waals surface area contributed by atoms with E-state index in [-0.39, 0.29) is 11.7 Å². The Kier molecular flexibility index (Phi) is 7.63. The van der Waals surface area contributed by atoms with E-state index in [1.165, 1.54) is 30.0 Å². The summed E-state index contributed by atoms with van der Waals surface area (Å²) < 4.78 is 5.93. The molecule has 0 bridgehead atoms. The van der Waals surface area contributed by atoms with Gasteiger partial charge in [-0.05, 0) is 106 Å². The van der Waals surface area contributed by atoms with E-state index in [0.29, 0.717) is 19.4 Å². The fraction of sp³-hybridized carbons (Fsp3) is 0.185. The van der Waals surface area contributed by atoms with Gasteiger partial charge in [0.15, 0.2) is 16.7 Å². The van der Waals surface area contributed by atoms with E-state index >= 15 is 0 Å². The summed E-state index contributed by atoms with van der Waals surface area (Å²) in [7, 11) is 1.51. The number of halogens is 1. The number of hydrogen-bond donors (Lipinski definition) is 1. The summed E-state index contributed by atoms with van der Waals surface area (Å²) in [6.45, 7) is 4.22. The first-order valence-corrected chi connectivity index (χ1v) is 12.9. The first kappa shape index (κ1) is 24.3. The lowest BCUT2D eigenvalue weighted by atomic mass is 10.1. The van der Waals surface area contributed by atoms with Crippen molar-refractivity contribution < 1.29 is 14.6 Å². The number of carbonyl (C=O) groups is 1. The number of anilines is 1. The number of amides is 1. The molecule has 0 spiro atoms. The van der Waals surface area contributed by atoms with Crippen LogP contribution in [0.4, 0.5) is 11.4 Å². The molecule has 7 heteroatoms. The predicted molar refractivity (Wildman–Crippen MR) is 149 cm³/mol. The Balaban J connectivity index is 1.77. The van der Waals surface area contributed by atoms with Gasteiger partial charge >= 0.3 is 0 Å². The van der Waals surface area contributed by atoms with Crippen LogP contribution in [0.15, 0.2) is 70.6 Å². The molecule has 174 valence electrons. The fourth-order valence-corrected chi connectivity index (χ4v) is 5.18. The highest BCUT2D eigenvalue weighted by Gasteiger charge is 2.35. The quantitative estimate of drug-likeness (QED) is 0.252. The normalized spacial score (nSPS) is 16.0. The maximum absolute atomic E-state index is 13.5. The average Bonchev–Trinajstić information content (AvgIpc) is 3.15. The SMILES string of the molecule is CCc1ccc(N=C2S/C(=C\c3cc(I)c(O)c(OC)c3)C(=O)N2c2ccc(CC)cc2)cc1. The van der Waals surface area contributed by atoms with Crippen molar-refractivity contribution in [3.63, 3.8) is 0 Å². The minimum Gasteiger partial charge on any atom is -0.504 e. The van der Waals surface area contributed by atoms with Crippen molar-refractivity contribution in [2.24, 2.45) is 4.99 Å². The monoisotopic (exact) mass is 584 g/mol. The van der Waals surface area contributed by atoms with Crippen LogP contribution in [0, 0.1) is 3.57 Å². The van der Waals surface area contributed by atoms with Crippen LogP contribution in [-0.4, -0.2) is 23.3 Å². The van der Waals surface area contributed by atoms with E-state index in [9.17, 15) is 9.90 Å². The summed E-state index contributed by atoms with van der Waals surface area (Å²) in [5, 5.41) is 10.8. The van der Waals surface area contributed by atoms with Gasteiger partial charge in [-0.15, -0.1) is 0 Å². The molecule has 0 aromatic heterocycles. The molecule has 1 N–H and O–H groups in total. The predicted octanol–water partition coefficient (Wildman–Crippen LogP) is 6.94. The number of amidine groups is 1. The second-order valence-corrected chi connectivity index (χ2v) is 9.91. The number of methoxy groups -OCH3 is 1. The number of thioether (sulfide) groups is 1. The van der Waals surface area contributed by atoms with Crippen LogP contribution in [0.3, 0.4) is 0 Å². The topological polar surface area (TPSA) is 62.1 Å². The number of aromatic hydroxyl groups is 1. The second kappa shape index (κ2) is 10.7. The Bertz CT molecular complexity index is 1270. The molecule has 34 heavy (non-hydrogen) atoms. The fourth-order valence-electron chi connectivity index (χ4n) is 3.56. The number of ether oxygens (including phenoxy) is 1. The second-order valence-electron chi connectivity index (χ2n) is 7.74. The van der Waals surface area contributed by atoms with Crippen molar-refractivity contribution in [3.8, 4) is 11.5 Å². The number of phenols is 1. The number of rotatable bonds is 6. The van der Waals surface area contributed by atoms with Gasteiger partial charge in [-0.1, -0.05) is 38.1 Å². The maximum Gasteiger partial charge on any atom is 0.271 e. The molecule has 1 aliphatic rings. The molecule has 1 aliphatic heterocycles.